The molecule has 1 saturated carbocycles. The number of furan rings is 1. The van der Waals surface area contributed by atoms with Crippen LogP contribution < -0.4 is 10.6 Å². The minimum atomic E-state index is -0.681. The molecule has 3 amide bonds. The predicted octanol–water partition coefficient (Wildman–Crippen LogP) is 3.52. The number of carbonyl (C=O) groups excluding carboxylic acids is 4. The van der Waals surface area contributed by atoms with Crippen molar-refractivity contribution in [2.75, 3.05) is 44.0 Å². The monoisotopic (exact) mass is 569 g/mol. The fourth-order valence-electron chi connectivity index (χ4n) is 4.96. The molecular weight excluding hydrogens is 542 g/mol. The molecule has 2 aliphatic rings. The molecule has 0 bridgehead atoms. The van der Waals surface area contributed by atoms with Gasteiger partial charge in [0.25, 0.3) is 5.91 Å². The summed E-state index contributed by atoms with van der Waals surface area (Å²) in [5.41, 5.74) is 0.335. The van der Waals surface area contributed by atoms with Gasteiger partial charge in [-0.2, -0.15) is 0 Å². The van der Waals surface area contributed by atoms with E-state index < -0.39 is 11.9 Å². The molecule has 2 N–H and O–H groups in total. The number of nitrogens with one attached hydrogen (secondary N) is 2. The largest absolute Gasteiger partial charge is 0.464 e. The lowest BCUT2D eigenvalue weighted by Gasteiger charge is -2.33. The SMILES string of the molecule is COC(=O)c1ccc2oc(C(=O)Nc3ccc(Cl)cn3)c(NC(=O)C3CCC(C(=O)N4CCOCC4)CC3)c2n1. The molecule has 0 atom stereocenters. The summed E-state index contributed by atoms with van der Waals surface area (Å²) in [6.07, 6.45) is 3.57. The first-order chi connectivity index (χ1) is 19.3. The van der Waals surface area contributed by atoms with Crippen molar-refractivity contribution in [1.29, 1.82) is 0 Å². The lowest BCUT2D eigenvalue weighted by Crippen LogP contribution is -2.44. The Kier molecular flexibility index (Phi) is 8.27. The van der Waals surface area contributed by atoms with Crippen LogP contribution in [-0.2, 0) is 19.1 Å². The van der Waals surface area contributed by atoms with Gasteiger partial charge in [-0.1, -0.05) is 11.6 Å². The molecule has 2 fully saturated rings. The second-order valence-corrected chi connectivity index (χ2v) is 10.1. The third-order valence-corrected chi connectivity index (χ3v) is 7.35. The van der Waals surface area contributed by atoms with Crippen LogP contribution in [0.2, 0.25) is 5.02 Å². The number of esters is 1. The van der Waals surface area contributed by atoms with Crippen LogP contribution in [0.15, 0.2) is 34.9 Å². The Balaban J connectivity index is 1.35. The summed E-state index contributed by atoms with van der Waals surface area (Å²) in [6.45, 7) is 2.25. The van der Waals surface area contributed by atoms with Crippen molar-refractivity contribution >= 4 is 57.9 Å². The molecule has 4 heterocycles. The number of nitrogens with zero attached hydrogens (tertiary/aromatic N) is 3. The molecule has 3 aromatic rings. The highest BCUT2D eigenvalue weighted by atomic mass is 35.5. The van der Waals surface area contributed by atoms with Crippen molar-refractivity contribution in [3.8, 4) is 0 Å². The number of aromatic nitrogens is 2. The molecular formula is C27H28ClN5O7. The normalized spacial score (nSPS) is 19.2. The average Bonchev–Trinajstić information content (AvgIpc) is 3.35. The third-order valence-electron chi connectivity index (χ3n) is 7.12. The van der Waals surface area contributed by atoms with Crippen LogP contribution in [0.4, 0.5) is 11.5 Å². The van der Waals surface area contributed by atoms with Crippen LogP contribution in [-0.4, -0.2) is 72.0 Å². The van der Waals surface area contributed by atoms with E-state index in [0.717, 1.165) is 0 Å². The number of methoxy groups -OCH3 is 1. The molecule has 1 saturated heterocycles. The van der Waals surface area contributed by atoms with Gasteiger partial charge in [-0.05, 0) is 49.9 Å². The zero-order chi connectivity index (χ0) is 28.2. The van der Waals surface area contributed by atoms with Crippen molar-refractivity contribution < 1.29 is 33.1 Å². The van der Waals surface area contributed by atoms with Gasteiger partial charge in [-0.3, -0.25) is 14.4 Å². The molecule has 5 rings (SSSR count). The molecule has 0 unspecified atom stereocenters. The number of anilines is 2. The van der Waals surface area contributed by atoms with E-state index in [2.05, 4.69) is 20.6 Å². The quantitative estimate of drug-likeness (QED) is 0.424. The summed E-state index contributed by atoms with van der Waals surface area (Å²) in [5.74, 6) is -2.07. The number of carbonyl (C=O) groups is 4. The fourth-order valence-corrected chi connectivity index (χ4v) is 5.07. The molecule has 0 radical (unpaired) electrons. The number of hydrogen-bond donors (Lipinski definition) is 2. The predicted molar refractivity (Wildman–Crippen MR) is 144 cm³/mol. The Hall–Kier alpha value is -4.03. The molecule has 12 nitrogen and oxygen atoms in total. The van der Waals surface area contributed by atoms with Crippen molar-refractivity contribution in [3.05, 3.63) is 46.9 Å². The number of morpholine rings is 1. The molecule has 1 aliphatic heterocycles. The van der Waals surface area contributed by atoms with E-state index in [0.29, 0.717) is 57.0 Å². The van der Waals surface area contributed by atoms with Gasteiger partial charge < -0.3 is 29.4 Å². The molecule has 13 heteroatoms. The Morgan fingerprint density at radius 1 is 1.00 bits per heavy atom. The number of ether oxygens (including phenoxy) is 2. The van der Waals surface area contributed by atoms with Crippen LogP contribution in [0.5, 0.6) is 0 Å². The highest BCUT2D eigenvalue weighted by Gasteiger charge is 2.34. The number of pyridine rings is 2. The first-order valence-corrected chi connectivity index (χ1v) is 13.3. The van der Waals surface area contributed by atoms with Gasteiger partial charge in [0.2, 0.25) is 17.6 Å². The standard InChI is InChI=1S/C27H28ClN5O7/c1-38-27(37)18-7-8-19-21(30-18)22(23(40-19)25(35)31-20-9-6-17(28)14-29-20)32-24(34)15-2-4-16(5-3-15)26(36)33-10-12-39-13-11-33/h6-9,14-16H,2-5,10-13H2,1H3,(H,32,34)(H,29,31,35). The Labute approximate surface area is 234 Å². The highest BCUT2D eigenvalue weighted by Crippen LogP contribution is 2.34. The van der Waals surface area contributed by atoms with Crippen LogP contribution >= 0.6 is 11.6 Å². The van der Waals surface area contributed by atoms with E-state index in [1.54, 1.807) is 6.07 Å². The molecule has 0 spiro atoms. The van der Waals surface area contributed by atoms with Gasteiger partial charge >= 0.3 is 5.97 Å². The number of halogens is 1. The van der Waals surface area contributed by atoms with Crippen molar-refractivity contribution in [3.63, 3.8) is 0 Å². The smallest absolute Gasteiger partial charge is 0.356 e. The summed E-state index contributed by atoms with van der Waals surface area (Å²) >= 11 is 5.88. The summed E-state index contributed by atoms with van der Waals surface area (Å²) in [5, 5.41) is 5.82. The van der Waals surface area contributed by atoms with Gasteiger partial charge in [-0.25, -0.2) is 14.8 Å². The number of hydrogen-bond acceptors (Lipinski definition) is 9. The lowest BCUT2D eigenvalue weighted by atomic mass is 9.81. The van der Waals surface area contributed by atoms with Crippen molar-refractivity contribution in [1.82, 2.24) is 14.9 Å². The summed E-state index contributed by atoms with van der Waals surface area (Å²) in [6, 6.07) is 5.96. The van der Waals surface area contributed by atoms with Gasteiger partial charge in [0.1, 0.15) is 22.7 Å². The number of amides is 3. The molecule has 210 valence electrons. The van der Waals surface area contributed by atoms with Crippen molar-refractivity contribution in [2.24, 2.45) is 11.8 Å². The van der Waals surface area contributed by atoms with Crippen LogP contribution in [0.3, 0.4) is 0 Å². The molecule has 0 aromatic carbocycles. The Morgan fingerprint density at radius 3 is 2.40 bits per heavy atom. The maximum Gasteiger partial charge on any atom is 0.356 e. The maximum absolute atomic E-state index is 13.4. The molecule has 3 aromatic heterocycles. The summed E-state index contributed by atoms with van der Waals surface area (Å²) in [7, 11) is 1.23. The van der Waals surface area contributed by atoms with E-state index in [9.17, 15) is 19.2 Å². The van der Waals surface area contributed by atoms with E-state index >= 15 is 0 Å². The van der Waals surface area contributed by atoms with Crippen LogP contribution in [0.25, 0.3) is 11.1 Å². The van der Waals surface area contributed by atoms with Crippen LogP contribution in [0.1, 0.15) is 46.7 Å². The second-order valence-electron chi connectivity index (χ2n) is 9.63. The Morgan fingerprint density at radius 2 is 1.73 bits per heavy atom. The van der Waals surface area contributed by atoms with Gasteiger partial charge in [-0.15, -0.1) is 0 Å². The minimum absolute atomic E-state index is 0.0141. The summed E-state index contributed by atoms with van der Waals surface area (Å²) < 4.78 is 15.9. The van der Waals surface area contributed by atoms with Crippen molar-refractivity contribution in [2.45, 2.75) is 25.7 Å². The minimum Gasteiger partial charge on any atom is -0.464 e. The fraction of sp³-hybridized carbons (Fsp3) is 0.407. The van der Waals surface area contributed by atoms with E-state index in [-0.39, 0.29) is 57.7 Å². The molecule has 1 aliphatic carbocycles. The highest BCUT2D eigenvalue weighted by molar-refractivity contribution is 6.30. The lowest BCUT2D eigenvalue weighted by molar-refractivity contribution is -0.141. The van der Waals surface area contributed by atoms with Gasteiger partial charge in [0.05, 0.1) is 25.3 Å². The first kappa shape index (κ1) is 27.5. The van der Waals surface area contributed by atoms with E-state index in [1.807, 2.05) is 4.90 Å². The number of fused-ring (bicyclic) bond motifs is 1. The second kappa shape index (κ2) is 12.0. The zero-order valence-electron chi connectivity index (χ0n) is 21.8. The molecule has 40 heavy (non-hydrogen) atoms. The Bertz CT molecular complexity index is 1430. The topological polar surface area (TPSA) is 153 Å². The van der Waals surface area contributed by atoms with Crippen LogP contribution in [0, 0.1) is 11.8 Å². The van der Waals surface area contributed by atoms with E-state index in [1.165, 1.54) is 31.5 Å². The third kappa shape index (κ3) is 5.92. The number of rotatable bonds is 6. The van der Waals surface area contributed by atoms with E-state index in [4.69, 9.17) is 25.5 Å². The average molecular weight is 570 g/mol. The summed E-state index contributed by atoms with van der Waals surface area (Å²) in [4.78, 5) is 61.8. The zero-order valence-corrected chi connectivity index (χ0v) is 22.5. The maximum atomic E-state index is 13.4. The van der Waals surface area contributed by atoms with Gasteiger partial charge in [0, 0.05) is 31.1 Å². The van der Waals surface area contributed by atoms with Gasteiger partial charge in [0.15, 0.2) is 5.58 Å². The first-order valence-electron chi connectivity index (χ1n) is 13.0.